The lowest BCUT2D eigenvalue weighted by Gasteiger charge is -2.44. The second-order valence-corrected chi connectivity index (χ2v) is 11.0. The number of fused-ring (bicyclic) bond motifs is 1. The van der Waals surface area contributed by atoms with E-state index in [0.717, 1.165) is 38.0 Å². The minimum Gasteiger partial charge on any atom is -0.412 e. The van der Waals surface area contributed by atoms with Gasteiger partial charge in [-0.3, -0.25) is 0 Å². The van der Waals surface area contributed by atoms with Crippen molar-refractivity contribution in [2.45, 2.75) is 104 Å². The van der Waals surface area contributed by atoms with Crippen LogP contribution < -0.4 is 0 Å². The SMILES string of the molecule is C=C1CC[C@H](O)C/C1=C\C=C1/CCC[C@@]2(C)[C@@H]([C@H](C)CCCC(C)C)C(O)C[C@@H]12.O. The molecule has 3 aliphatic carbocycles. The number of aliphatic hydroxyl groups excluding tert-OH is 2. The van der Waals surface area contributed by atoms with Gasteiger partial charge >= 0.3 is 0 Å². The summed E-state index contributed by atoms with van der Waals surface area (Å²) in [5, 5.41) is 21.1. The van der Waals surface area contributed by atoms with Gasteiger partial charge in [0.2, 0.25) is 0 Å². The molecular formula is C27H46O3. The monoisotopic (exact) mass is 418 g/mol. The fourth-order valence-corrected chi connectivity index (χ4v) is 6.74. The molecule has 172 valence electrons. The van der Waals surface area contributed by atoms with E-state index >= 15 is 0 Å². The highest BCUT2D eigenvalue weighted by Gasteiger charge is 2.54. The van der Waals surface area contributed by atoms with Crippen LogP contribution in [0.2, 0.25) is 0 Å². The van der Waals surface area contributed by atoms with E-state index in [4.69, 9.17) is 0 Å². The van der Waals surface area contributed by atoms with E-state index in [1.54, 1.807) is 0 Å². The fourth-order valence-electron chi connectivity index (χ4n) is 6.74. The van der Waals surface area contributed by atoms with Gasteiger partial charge in [0.25, 0.3) is 0 Å². The first kappa shape index (κ1) is 25.4. The van der Waals surface area contributed by atoms with Crippen LogP contribution in [-0.4, -0.2) is 27.9 Å². The number of allylic oxidation sites excluding steroid dienone is 4. The van der Waals surface area contributed by atoms with E-state index in [0.29, 0.717) is 17.8 Å². The van der Waals surface area contributed by atoms with Crippen molar-refractivity contribution >= 4 is 0 Å². The molecule has 0 aliphatic heterocycles. The average molecular weight is 419 g/mol. The Morgan fingerprint density at radius 2 is 1.87 bits per heavy atom. The molecule has 0 radical (unpaired) electrons. The molecule has 3 fully saturated rings. The van der Waals surface area contributed by atoms with E-state index in [2.05, 4.69) is 46.4 Å². The van der Waals surface area contributed by atoms with Crippen molar-refractivity contribution in [1.82, 2.24) is 0 Å². The summed E-state index contributed by atoms with van der Waals surface area (Å²) in [5.41, 5.74) is 4.16. The van der Waals surface area contributed by atoms with Gasteiger partial charge in [0.05, 0.1) is 12.2 Å². The third-order valence-corrected chi connectivity index (χ3v) is 8.32. The van der Waals surface area contributed by atoms with Crippen LogP contribution in [-0.2, 0) is 0 Å². The van der Waals surface area contributed by atoms with E-state index in [1.165, 1.54) is 48.8 Å². The van der Waals surface area contributed by atoms with Gasteiger partial charge in [-0.1, -0.05) is 76.8 Å². The zero-order valence-electron chi connectivity index (χ0n) is 19.8. The van der Waals surface area contributed by atoms with Crippen molar-refractivity contribution in [3.63, 3.8) is 0 Å². The molecule has 0 spiro atoms. The van der Waals surface area contributed by atoms with Gasteiger partial charge in [-0.25, -0.2) is 0 Å². The van der Waals surface area contributed by atoms with Crippen molar-refractivity contribution in [2.24, 2.45) is 29.1 Å². The third-order valence-electron chi connectivity index (χ3n) is 8.32. The molecule has 0 saturated heterocycles. The molecule has 3 heteroatoms. The summed E-state index contributed by atoms with van der Waals surface area (Å²) in [4.78, 5) is 0. The molecule has 0 heterocycles. The number of rotatable bonds is 6. The summed E-state index contributed by atoms with van der Waals surface area (Å²) in [7, 11) is 0. The Bertz CT molecular complexity index is 646. The molecule has 3 rings (SSSR count). The third kappa shape index (κ3) is 5.47. The van der Waals surface area contributed by atoms with Crippen molar-refractivity contribution in [1.29, 1.82) is 0 Å². The molecule has 4 N–H and O–H groups in total. The standard InChI is InChI=1S/C27H44O2.H2O/c1-18(2)8-6-9-20(4)26-25(29)17-24-21(10-7-15-27(24,26)5)12-13-22-16-23(28)14-11-19(22)3;/h12-13,18,20,23-26,28-29H,3,6-11,14-17H2,1-2,4-5H3;1H2/b21-12+,22-13+;/t20-,23+,24+,25?,26+,27-;/m1./s1. The molecule has 30 heavy (non-hydrogen) atoms. The van der Waals surface area contributed by atoms with Gasteiger partial charge in [-0.05, 0) is 79.6 Å². The zero-order valence-corrected chi connectivity index (χ0v) is 19.8. The molecule has 0 aromatic carbocycles. The Morgan fingerprint density at radius 1 is 1.13 bits per heavy atom. The number of hydrogen-bond donors (Lipinski definition) is 2. The second-order valence-electron chi connectivity index (χ2n) is 11.0. The van der Waals surface area contributed by atoms with Gasteiger partial charge in [-0.2, -0.15) is 0 Å². The highest BCUT2D eigenvalue weighted by Crippen LogP contribution is 2.60. The van der Waals surface area contributed by atoms with E-state index in [-0.39, 0.29) is 23.1 Å². The Balaban J connectivity index is 0.00000320. The Kier molecular flexibility index (Phi) is 8.97. The lowest BCUT2D eigenvalue weighted by atomic mass is 9.60. The molecule has 0 bridgehead atoms. The summed E-state index contributed by atoms with van der Waals surface area (Å²) in [5.74, 6) is 2.28. The van der Waals surface area contributed by atoms with Crippen molar-refractivity contribution in [3.05, 3.63) is 35.5 Å². The smallest absolute Gasteiger partial charge is 0.0583 e. The van der Waals surface area contributed by atoms with Crippen LogP contribution >= 0.6 is 0 Å². The van der Waals surface area contributed by atoms with Crippen LogP contribution in [0.3, 0.4) is 0 Å². The Morgan fingerprint density at radius 3 is 2.57 bits per heavy atom. The highest BCUT2D eigenvalue weighted by molar-refractivity contribution is 5.36. The van der Waals surface area contributed by atoms with Gasteiger partial charge < -0.3 is 15.7 Å². The maximum Gasteiger partial charge on any atom is 0.0583 e. The van der Waals surface area contributed by atoms with Gasteiger partial charge in [0.15, 0.2) is 0 Å². The molecule has 0 aromatic rings. The molecule has 0 aromatic heterocycles. The first-order valence-electron chi connectivity index (χ1n) is 12.2. The van der Waals surface area contributed by atoms with E-state index < -0.39 is 0 Å². The molecule has 1 unspecified atom stereocenters. The summed E-state index contributed by atoms with van der Waals surface area (Å²) >= 11 is 0. The second kappa shape index (κ2) is 10.6. The number of aliphatic hydroxyl groups is 2. The lowest BCUT2D eigenvalue weighted by Crippen LogP contribution is -2.38. The highest BCUT2D eigenvalue weighted by atomic mass is 16.3. The maximum atomic E-state index is 11.1. The van der Waals surface area contributed by atoms with Crippen LogP contribution in [0.5, 0.6) is 0 Å². The van der Waals surface area contributed by atoms with Crippen molar-refractivity contribution in [3.8, 4) is 0 Å². The minimum absolute atomic E-state index is 0. The normalized spacial score (nSPS) is 38.0. The molecule has 6 atom stereocenters. The van der Waals surface area contributed by atoms with Crippen LogP contribution in [0.15, 0.2) is 35.5 Å². The molecule has 3 nitrogen and oxygen atoms in total. The minimum atomic E-state index is -0.217. The van der Waals surface area contributed by atoms with Gasteiger partial charge in [0, 0.05) is 0 Å². The molecular weight excluding hydrogens is 372 g/mol. The van der Waals surface area contributed by atoms with Crippen molar-refractivity contribution < 1.29 is 15.7 Å². The summed E-state index contributed by atoms with van der Waals surface area (Å²) < 4.78 is 0. The molecule has 3 saturated carbocycles. The average Bonchev–Trinajstić information content (AvgIpc) is 2.92. The zero-order chi connectivity index (χ0) is 21.2. The van der Waals surface area contributed by atoms with E-state index in [9.17, 15) is 10.2 Å². The lowest BCUT2D eigenvalue weighted by molar-refractivity contribution is 0.0267. The first-order chi connectivity index (χ1) is 13.7. The van der Waals surface area contributed by atoms with Crippen LogP contribution in [0.4, 0.5) is 0 Å². The van der Waals surface area contributed by atoms with E-state index in [1.807, 2.05) is 0 Å². The maximum absolute atomic E-state index is 11.1. The predicted molar refractivity (Wildman–Crippen MR) is 126 cm³/mol. The largest absolute Gasteiger partial charge is 0.412 e. The van der Waals surface area contributed by atoms with Gasteiger partial charge in [-0.15, -0.1) is 0 Å². The van der Waals surface area contributed by atoms with Crippen LogP contribution in [0.1, 0.15) is 91.9 Å². The Hall–Kier alpha value is -0.900. The summed E-state index contributed by atoms with van der Waals surface area (Å²) in [6.45, 7) is 13.7. The van der Waals surface area contributed by atoms with Crippen LogP contribution in [0.25, 0.3) is 0 Å². The summed E-state index contributed by atoms with van der Waals surface area (Å²) in [6, 6.07) is 0. The Labute approximate surface area is 184 Å². The summed E-state index contributed by atoms with van der Waals surface area (Å²) in [6.07, 6.45) is 15.0. The predicted octanol–water partition coefficient (Wildman–Crippen LogP) is 5.77. The number of hydrogen-bond acceptors (Lipinski definition) is 2. The van der Waals surface area contributed by atoms with Gasteiger partial charge in [0.1, 0.15) is 0 Å². The quantitative estimate of drug-likeness (QED) is 0.575. The topological polar surface area (TPSA) is 72.0 Å². The molecule has 0 amide bonds. The van der Waals surface area contributed by atoms with Crippen molar-refractivity contribution in [2.75, 3.05) is 0 Å². The fraction of sp³-hybridized carbons (Fsp3) is 0.778. The van der Waals surface area contributed by atoms with Crippen LogP contribution in [0, 0.1) is 29.1 Å². The molecule has 3 aliphatic rings. The first-order valence-corrected chi connectivity index (χ1v) is 12.2.